The van der Waals surface area contributed by atoms with Crippen LogP contribution in [0.3, 0.4) is 0 Å². The van der Waals surface area contributed by atoms with Crippen molar-refractivity contribution in [1.29, 1.82) is 0 Å². The molecule has 7 heteroatoms. The highest BCUT2D eigenvalue weighted by Crippen LogP contribution is 2.31. The number of hydrogen-bond acceptors (Lipinski definition) is 4. The van der Waals surface area contributed by atoms with E-state index in [1.807, 2.05) is 5.32 Å². The van der Waals surface area contributed by atoms with Crippen LogP contribution in [0.5, 0.6) is 0 Å². The Balaban J connectivity index is 2.73. The summed E-state index contributed by atoms with van der Waals surface area (Å²) in [4.78, 5) is 22.7. The zero-order valence-corrected chi connectivity index (χ0v) is 10.6. The van der Waals surface area contributed by atoms with Gasteiger partial charge in [-0.15, -0.1) is 11.8 Å². The quantitative estimate of drug-likeness (QED) is 0.575. The standard InChI is InChI=1S/C10H12ClN3O2S/c1-5(9(15)14-10(13)16)17-8-4-6(11)2-3-7(8)12/h2-5H,12H2,1H3,(H3,13,14,15,16). The van der Waals surface area contributed by atoms with Crippen molar-refractivity contribution in [1.82, 2.24) is 5.32 Å². The van der Waals surface area contributed by atoms with Crippen LogP contribution in [0.1, 0.15) is 6.92 Å². The summed E-state index contributed by atoms with van der Waals surface area (Å²) in [6.07, 6.45) is 0. The number of urea groups is 1. The molecule has 3 amide bonds. The van der Waals surface area contributed by atoms with Crippen LogP contribution >= 0.6 is 23.4 Å². The Hall–Kier alpha value is -1.40. The lowest BCUT2D eigenvalue weighted by atomic mass is 10.3. The van der Waals surface area contributed by atoms with E-state index in [0.29, 0.717) is 15.6 Å². The fourth-order valence-corrected chi connectivity index (χ4v) is 2.26. The number of hydrogen-bond donors (Lipinski definition) is 3. The maximum atomic E-state index is 11.4. The number of imide groups is 1. The second-order valence-corrected chi connectivity index (χ2v) is 5.11. The molecule has 0 aromatic heterocycles. The molecule has 1 rings (SSSR count). The average molecular weight is 274 g/mol. The number of carbonyl (C=O) groups excluding carboxylic acids is 2. The van der Waals surface area contributed by atoms with E-state index < -0.39 is 17.2 Å². The minimum absolute atomic E-state index is 0.470. The van der Waals surface area contributed by atoms with E-state index in [-0.39, 0.29) is 0 Å². The van der Waals surface area contributed by atoms with Gasteiger partial charge in [0.2, 0.25) is 5.91 Å². The highest BCUT2D eigenvalue weighted by Gasteiger charge is 2.17. The molecule has 0 bridgehead atoms. The van der Waals surface area contributed by atoms with Crippen LogP contribution < -0.4 is 16.8 Å². The largest absolute Gasteiger partial charge is 0.398 e. The van der Waals surface area contributed by atoms with Crippen LogP contribution in [0.2, 0.25) is 5.02 Å². The molecule has 5 N–H and O–H groups in total. The normalized spacial score (nSPS) is 11.9. The molecule has 1 aromatic rings. The molecule has 1 aromatic carbocycles. The van der Waals surface area contributed by atoms with Gasteiger partial charge in [0.15, 0.2) is 0 Å². The number of carbonyl (C=O) groups is 2. The number of halogens is 1. The van der Waals surface area contributed by atoms with Crippen LogP contribution in [0.15, 0.2) is 23.1 Å². The van der Waals surface area contributed by atoms with Crippen molar-refractivity contribution in [3.05, 3.63) is 23.2 Å². The molecular weight excluding hydrogens is 262 g/mol. The van der Waals surface area contributed by atoms with Gasteiger partial charge in [-0.25, -0.2) is 4.79 Å². The number of amides is 3. The van der Waals surface area contributed by atoms with Crippen molar-refractivity contribution in [2.45, 2.75) is 17.1 Å². The Labute approximate surface area is 108 Å². The van der Waals surface area contributed by atoms with Gasteiger partial charge < -0.3 is 11.5 Å². The summed E-state index contributed by atoms with van der Waals surface area (Å²) in [6.45, 7) is 1.64. The lowest BCUT2D eigenvalue weighted by Crippen LogP contribution is -2.39. The molecule has 0 saturated heterocycles. The summed E-state index contributed by atoms with van der Waals surface area (Å²) in [7, 11) is 0. The Kier molecular flexibility index (Phi) is 4.65. The molecule has 0 aliphatic carbocycles. The van der Waals surface area contributed by atoms with Crippen molar-refractivity contribution in [2.75, 3.05) is 5.73 Å². The van der Waals surface area contributed by atoms with E-state index in [1.165, 1.54) is 11.8 Å². The summed E-state index contributed by atoms with van der Waals surface area (Å²) in [5.41, 5.74) is 11.1. The molecular formula is C10H12ClN3O2S. The number of primary amides is 1. The van der Waals surface area contributed by atoms with Crippen molar-refractivity contribution >= 4 is 41.0 Å². The number of benzene rings is 1. The number of nitrogen functional groups attached to an aromatic ring is 1. The van der Waals surface area contributed by atoms with Gasteiger partial charge in [-0.05, 0) is 25.1 Å². The van der Waals surface area contributed by atoms with Gasteiger partial charge in [-0.1, -0.05) is 11.6 Å². The predicted octanol–water partition coefficient (Wildman–Crippen LogP) is 1.60. The fourth-order valence-electron chi connectivity index (χ4n) is 1.08. The van der Waals surface area contributed by atoms with Gasteiger partial charge in [0.1, 0.15) is 0 Å². The molecule has 0 spiro atoms. The fraction of sp³-hybridized carbons (Fsp3) is 0.200. The van der Waals surface area contributed by atoms with E-state index in [4.69, 9.17) is 23.1 Å². The minimum atomic E-state index is -0.874. The summed E-state index contributed by atoms with van der Waals surface area (Å²) < 4.78 is 0. The first-order chi connectivity index (χ1) is 7.90. The average Bonchev–Trinajstić information content (AvgIpc) is 2.22. The van der Waals surface area contributed by atoms with E-state index >= 15 is 0 Å². The molecule has 5 nitrogen and oxygen atoms in total. The van der Waals surface area contributed by atoms with Gasteiger partial charge in [0.05, 0.1) is 5.25 Å². The molecule has 17 heavy (non-hydrogen) atoms. The zero-order valence-electron chi connectivity index (χ0n) is 9.07. The molecule has 1 atom stereocenters. The molecule has 0 aliphatic rings. The van der Waals surface area contributed by atoms with Crippen LogP contribution in [0, 0.1) is 0 Å². The first-order valence-corrected chi connectivity index (χ1v) is 5.98. The van der Waals surface area contributed by atoms with Gasteiger partial charge in [0, 0.05) is 15.6 Å². The second kappa shape index (κ2) is 5.79. The third-order valence-corrected chi connectivity index (χ3v) is 3.31. The van der Waals surface area contributed by atoms with Crippen molar-refractivity contribution < 1.29 is 9.59 Å². The summed E-state index contributed by atoms with van der Waals surface area (Å²) in [5, 5.41) is 2.04. The third-order valence-electron chi connectivity index (χ3n) is 1.89. The van der Waals surface area contributed by atoms with E-state index in [2.05, 4.69) is 0 Å². The number of anilines is 1. The Bertz CT molecular complexity index is 453. The number of thioether (sulfide) groups is 1. The summed E-state index contributed by atoms with van der Waals surface area (Å²) in [5.74, 6) is -0.470. The lowest BCUT2D eigenvalue weighted by molar-refractivity contribution is -0.119. The maximum Gasteiger partial charge on any atom is 0.318 e. The first-order valence-electron chi connectivity index (χ1n) is 4.72. The summed E-state index contributed by atoms with van der Waals surface area (Å²) >= 11 is 7.03. The van der Waals surface area contributed by atoms with Crippen molar-refractivity contribution in [2.24, 2.45) is 5.73 Å². The maximum absolute atomic E-state index is 11.4. The molecule has 0 aliphatic heterocycles. The number of rotatable bonds is 3. The van der Waals surface area contributed by atoms with Crippen molar-refractivity contribution in [3.8, 4) is 0 Å². The zero-order chi connectivity index (χ0) is 13.0. The van der Waals surface area contributed by atoms with E-state index in [0.717, 1.165) is 0 Å². The van der Waals surface area contributed by atoms with E-state index in [9.17, 15) is 9.59 Å². The third kappa shape index (κ3) is 4.16. The predicted molar refractivity (Wildman–Crippen MR) is 68.9 cm³/mol. The van der Waals surface area contributed by atoms with Gasteiger partial charge in [-0.3, -0.25) is 10.1 Å². The molecule has 0 saturated carbocycles. The number of nitrogens with one attached hydrogen (secondary N) is 1. The first kappa shape index (κ1) is 13.7. The van der Waals surface area contributed by atoms with Crippen LogP contribution in [-0.4, -0.2) is 17.2 Å². The second-order valence-electron chi connectivity index (χ2n) is 3.30. The van der Waals surface area contributed by atoms with Crippen molar-refractivity contribution in [3.63, 3.8) is 0 Å². The SMILES string of the molecule is CC(Sc1cc(Cl)ccc1N)C(=O)NC(N)=O. The Morgan fingerprint density at radius 2 is 2.12 bits per heavy atom. The highest BCUT2D eigenvalue weighted by molar-refractivity contribution is 8.00. The molecule has 0 fully saturated rings. The lowest BCUT2D eigenvalue weighted by Gasteiger charge is -2.11. The Morgan fingerprint density at radius 3 is 2.71 bits per heavy atom. The topological polar surface area (TPSA) is 98.2 Å². The van der Waals surface area contributed by atoms with Crippen LogP contribution in [0.25, 0.3) is 0 Å². The minimum Gasteiger partial charge on any atom is -0.398 e. The Morgan fingerprint density at radius 1 is 1.47 bits per heavy atom. The van der Waals surface area contributed by atoms with Crippen LogP contribution in [-0.2, 0) is 4.79 Å². The molecule has 0 heterocycles. The molecule has 92 valence electrons. The smallest absolute Gasteiger partial charge is 0.318 e. The molecule has 0 radical (unpaired) electrons. The van der Waals surface area contributed by atoms with Gasteiger partial charge in [0.25, 0.3) is 0 Å². The monoisotopic (exact) mass is 273 g/mol. The highest BCUT2D eigenvalue weighted by atomic mass is 35.5. The van der Waals surface area contributed by atoms with E-state index in [1.54, 1.807) is 25.1 Å². The molecule has 1 unspecified atom stereocenters. The van der Waals surface area contributed by atoms with Crippen LogP contribution in [0.4, 0.5) is 10.5 Å². The number of nitrogens with two attached hydrogens (primary N) is 2. The van der Waals surface area contributed by atoms with Gasteiger partial charge in [-0.2, -0.15) is 0 Å². The van der Waals surface area contributed by atoms with Gasteiger partial charge >= 0.3 is 6.03 Å². The summed E-state index contributed by atoms with van der Waals surface area (Å²) in [6, 6.07) is 4.11.